The zero-order valence-corrected chi connectivity index (χ0v) is 15.0. The molecule has 0 saturated heterocycles. The third-order valence-corrected chi connectivity index (χ3v) is 4.49. The molecule has 0 heterocycles. The standard InChI is InChI=1S/C18H29NOSi/c1-5-6-7-8-12-15-18(16-19,20-21(2,3)4)17-13-10-9-11-14-17/h9-11,13-14H,5-8,12,15H2,1-4H3/t18-/m0/s1. The second-order valence-corrected chi connectivity index (χ2v) is 11.1. The molecule has 21 heavy (non-hydrogen) atoms. The Kier molecular flexibility index (Phi) is 7.14. The van der Waals surface area contributed by atoms with Gasteiger partial charge in [-0.15, -0.1) is 0 Å². The monoisotopic (exact) mass is 303 g/mol. The molecule has 0 bridgehead atoms. The van der Waals surface area contributed by atoms with Gasteiger partial charge in [0.25, 0.3) is 0 Å². The van der Waals surface area contributed by atoms with Gasteiger partial charge in [0.1, 0.15) is 6.07 Å². The highest BCUT2D eigenvalue weighted by Crippen LogP contribution is 2.34. The minimum absolute atomic E-state index is 0.766. The second kappa shape index (κ2) is 8.36. The first-order chi connectivity index (χ1) is 9.93. The Morgan fingerprint density at radius 2 is 1.67 bits per heavy atom. The molecule has 1 rings (SSSR count). The fourth-order valence-corrected chi connectivity index (χ4v) is 3.92. The van der Waals surface area contributed by atoms with Crippen LogP contribution in [0.1, 0.15) is 51.0 Å². The van der Waals surface area contributed by atoms with Gasteiger partial charge < -0.3 is 4.43 Å². The molecule has 2 nitrogen and oxygen atoms in total. The summed E-state index contributed by atoms with van der Waals surface area (Å²) in [5.41, 5.74) is 0.239. The highest BCUT2D eigenvalue weighted by molar-refractivity contribution is 6.69. The van der Waals surface area contributed by atoms with Gasteiger partial charge in [0, 0.05) is 0 Å². The van der Waals surface area contributed by atoms with Gasteiger partial charge in [0.15, 0.2) is 13.9 Å². The molecule has 116 valence electrons. The number of rotatable bonds is 9. The number of nitriles is 1. The van der Waals surface area contributed by atoms with E-state index in [1.807, 2.05) is 30.3 Å². The van der Waals surface area contributed by atoms with E-state index < -0.39 is 13.9 Å². The molecule has 0 fully saturated rings. The first-order valence-corrected chi connectivity index (χ1v) is 11.5. The van der Waals surface area contributed by atoms with E-state index in [4.69, 9.17) is 4.43 Å². The molecule has 0 N–H and O–H groups in total. The maximum absolute atomic E-state index is 9.84. The van der Waals surface area contributed by atoms with Crippen LogP contribution in [0.15, 0.2) is 30.3 Å². The Hall–Kier alpha value is -1.11. The Morgan fingerprint density at radius 1 is 1.05 bits per heavy atom. The number of hydrogen-bond donors (Lipinski definition) is 0. The Morgan fingerprint density at radius 3 is 2.19 bits per heavy atom. The average Bonchev–Trinajstić information content (AvgIpc) is 2.45. The van der Waals surface area contributed by atoms with Crippen LogP contribution in [0.3, 0.4) is 0 Å². The Bertz CT molecular complexity index is 447. The first kappa shape index (κ1) is 17.9. The summed E-state index contributed by atoms with van der Waals surface area (Å²) in [5, 5.41) is 9.84. The van der Waals surface area contributed by atoms with E-state index in [9.17, 15) is 5.26 Å². The van der Waals surface area contributed by atoms with Crippen LogP contribution >= 0.6 is 0 Å². The molecule has 1 aromatic rings. The molecule has 0 aliphatic heterocycles. The van der Waals surface area contributed by atoms with E-state index in [0.717, 1.165) is 18.4 Å². The van der Waals surface area contributed by atoms with Crippen molar-refractivity contribution in [1.82, 2.24) is 0 Å². The third kappa shape index (κ3) is 6.03. The molecule has 1 atom stereocenters. The molecule has 3 heteroatoms. The Balaban J connectivity index is 2.86. The molecule has 0 radical (unpaired) electrons. The Labute approximate surface area is 131 Å². The molecule has 0 amide bonds. The van der Waals surface area contributed by atoms with Crippen LogP contribution in [0.5, 0.6) is 0 Å². The van der Waals surface area contributed by atoms with Gasteiger partial charge in [-0.25, -0.2) is 0 Å². The van der Waals surface area contributed by atoms with Crippen LogP contribution < -0.4 is 0 Å². The summed E-state index contributed by atoms with van der Waals surface area (Å²) in [7, 11) is -1.79. The van der Waals surface area contributed by atoms with Gasteiger partial charge in [-0.1, -0.05) is 62.9 Å². The molecular weight excluding hydrogens is 274 g/mol. The van der Waals surface area contributed by atoms with Crippen molar-refractivity contribution in [3.63, 3.8) is 0 Å². The summed E-state index contributed by atoms with van der Waals surface area (Å²) >= 11 is 0. The van der Waals surface area contributed by atoms with Crippen LogP contribution in [-0.4, -0.2) is 8.32 Å². The minimum Gasteiger partial charge on any atom is -0.396 e. The van der Waals surface area contributed by atoms with Gasteiger partial charge in [-0.2, -0.15) is 5.26 Å². The van der Waals surface area contributed by atoms with Crippen molar-refractivity contribution in [2.75, 3.05) is 0 Å². The summed E-state index contributed by atoms with van der Waals surface area (Å²) in [4.78, 5) is 0. The quantitative estimate of drug-likeness (QED) is 0.438. The number of hydrogen-bond acceptors (Lipinski definition) is 2. The number of benzene rings is 1. The summed E-state index contributed by atoms with van der Waals surface area (Å²) in [6, 6.07) is 12.5. The summed E-state index contributed by atoms with van der Waals surface area (Å²) in [6.45, 7) is 8.68. The molecular formula is C18H29NOSi. The van der Waals surface area contributed by atoms with Crippen molar-refractivity contribution < 1.29 is 4.43 Å². The van der Waals surface area contributed by atoms with Crippen LogP contribution in [0.25, 0.3) is 0 Å². The first-order valence-electron chi connectivity index (χ1n) is 8.10. The molecule has 0 aliphatic carbocycles. The van der Waals surface area contributed by atoms with Gasteiger partial charge in [-0.3, -0.25) is 0 Å². The lowest BCUT2D eigenvalue weighted by molar-refractivity contribution is 0.105. The van der Waals surface area contributed by atoms with Crippen LogP contribution in [0.4, 0.5) is 0 Å². The van der Waals surface area contributed by atoms with Crippen molar-refractivity contribution in [2.45, 2.75) is 70.7 Å². The highest BCUT2D eigenvalue weighted by atomic mass is 28.4. The predicted molar refractivity (Wildman–Crippen MR) is 91.5 cm³/mol. The van der Waals surface area contributed by atoms with Crippen molar-refractivity contribution in [2.24, 2.45) is 0 Å². The van der Waals surface area contributed by atoms with E-state index in [2.05, 4.69) is 32.6 Å². The molecule has 1 aromatic carbocycles. The molecule has 0 aliphatic rings. The van der Waals surface area contributed by atoms with Crippen LogP contribution in [0.2, 0.25) is 19.6 Å². The fourth-order valence-electron chi connectivity index (χ4n) is 2.61. The maximum Gasteiger partial charge on any atom is 0.186 e. The molecule has 0 saturated carbocycles. The van der Waals surface area contributed by atoms with Gasteiger partial charge in [0.2, 0.25) is 0 Å². The van der Waals surface area contributed by atoms with Crippen LogP contribution in [-0.2, 0) is 10.0 Å². The third-order valence-electron chi connectivity index (χ3n) is 3.53. The summed E-state index contributed by atoms with van der Waals surface area (Å²) < 4.78 is 6.34. The van der Waals surface area contributed by atoms with Crippen LogP contribution in [0, 0.1) is 11.3 Å². The minimum atomic E-state index is -1.79. The van der Waals surface area contributed by atoms with E-state index in [0.29, 0.717) is 0 Å². The summed E-state index contributed by atoms with van der Waals surface area (Å²) in [6.07, 6.45) is 6.79. The second-order valence-electron chi connectivity index (χ2n) is 6.68. The highest BCUT2D eigenvalue weighted by Gasteiger charge is 2.37. The SMILES string of the molecule is CCCCCCC[C@@](C#N)(O[Si](C)(C)C)c1ccccc1. The zero-order chi connectivity index (χ0) is 15.8. The molecule has 0 aromatic heterocycles. The van der Waals surface area contributed by atoms with E-state index in [1.54, 1.807) is 0 Å². The van der Waals surface area contributed by atoms with Gasteiger partial charge >= 0.3 is 0 Å². The molecule has 0 unspecified atom stereocenters. The largest absolute Gasteiger partial charge is 0.396 e. The lowest BCUT2D eigenvalue weighted by atomic mass is 9.89. The lowest BCUT2D eigenvalue weighted by Gasteiger charge is -2.34. The number of unbranched alkanes of at least 4 members (excludes halogenated alkanes) is 4. The predicted octanol–water partition coefficient (Wildman–Crippen LogP) is 5.62. The smallest absolute Gasteiger partial charge is 0.186 e. The van der Waals surface area contributed by atoms with Crippen molar-refractivity contribution in [3.8, 4) is 6.07 Å². The van der Waals surface area contributed by atoms with Crippen molar-refractivity contribution >= 4 is 8.32 Å². The normalized spacial score (nSPS) is 14.4. The van der Waals surface area contributed by atoms with E-state index in [-0.39, 0.29) is 0 Å². The van der Waals surface area contributed by atoms with Crippen molar-refractivity contribution in [3.05, 3.63) is 35.9 Å². The zero-order valence-electron chi connectivity index (χ0n) is 14.0. The van der Waals surface area contributed by atoms with E-state index in [1.165, 1.54) is 25.7 Å². The topological polar surface area (TPSA) is 33.0 Å². The van der Waals surface area contributed by atoms with Crippen molar-refractivity contribution in [1.29, 1.82) is 5.26 Å². The lowest BCUT2D eigenvalue weighted by Crippen LogP contribution is -2.39. The van der Waals surface area contributed by atoms with Gasteiger partial charge in [0.05, 0.1) is 0 Å². The fraction of sp³-hybridized carbons (Fsp3) is 0.611. The van der Waals surface area contributed by atoms with E-state index >= 15 is 0 Å². The maximum atomic E-state index is 9.84. The number of nitrogens with zero attached hydrogens (tertiary/aromatic N) is 1. The average molecular weight is 304 g/mol. The molecule has 0 spiro atoms. The van der Waals surface area contributed by atoms with Gasteiger partial charge in [-0.05, 0) is 38.0 Å². The summed E-state index contributed by atoms with van der Waals surface area (Å²) in [5.74, 6) is 0.